The Morgan fingerprint density at radius 3 is 2.61 bits per heavy atom. The Morgan fingerprint density at radius 2 is 1.94 bits per heavy atom. The fourth-order valence-corrected chi connectivity index (χ4v) is 3.98. The maximum Gasteiger partial charge on any atom is 0.337 e. The number of methoxy groups -OCH3 is 1. The lowest BCUT2D eigenvalue weighted by atomic mass is 10.1. The summed E-state index contributed by atoms with van der Waals surface area (Å²) in [5.41, 5.74) is 1.42. The Bertz CT molecular complexity index is 1140. The summed E-state index contributed by atoms with van der Waals surface area (Å²) in [4.78, 5) is 42.3. The Morgan fingerprint density at radius 1 is 1.19 bits per heavy atom. The van der Waals surface area contributed by atoms with Gasteiger partial charge in [0.15, 0.2) is 5.16 Å². The van der Waals surface area contributed by atoms with Crippen LogP contribution in [0.1, 0.15) is 36.2 Å². The number of benzene rings is 2. The number of amides is 1. The van der Waals surface area contributed by atoms with Gasteiger partial charge in [-0.1, -0.05) is 49.0 Å². The third-order valence-corrected chi connectivity index (χ3v) is 5.82. The van der Waals surface area contributed by atoms with Gasteiger partial charge in [0.2, 0.25) is 5.91 Å². The second-order valence-electron chi connectivity index (χ2n) is 7.05. The van der Waals surface area contributed by atoms with Crippen molar-refractivity contribution in [1.82, 2.24) is 14.9 Å². The number of nitrogens with zero attached hydrogens (tertiary/aromatic N) is 2. The smallest absolute Gasteiger partial charge is 0.337 e. The quantitative estimate of drug-likeness (QED) is 0.329. The summed E-state index contributed by atoms with van der Waals surface area (Å²) in [7, 11) is 1.30. The molecule has 31 heavy (non-hydrogen) atoms. The first-order valence-corrected chi connectivity index (χ1v) is 10.9. The standard InChI is InChI=1S/C23H25N3O4S/c1-4-12-24-20(27)15(2)31-23-25-19-13-17(22(29)30-3)10-11-18(19)21(28)26(23)14-16-8-6-5-7-9-16/h5-11,13,15H,4,12,14H2,1-3H3,(H,24,27)/t15-/m0/s1. The maximum absolute atomic E-state index is 13.3. The summed E-state index contributed by atoms with van der Waals surface area (Å²) in [5, 5.41) is 3.24. The van der Waals surface area contributed by atoms with Crippen LogP contribution in [0.25, 0.3) is 10.9 Å². The topological polar surface area (TPSA) is 90.3 Å². The zero-order valence-corrected chi connectivity index (χ0v) is 18.6. The molecule has 0 aliphatic carbocycles. The average molecular weight is 440 g/mol. The highest BCUT2D eigenvalue weighted by Gasteiger charge is 2.20. The first-order valence-electron chi connectivity index (χ1n) is 10.1. The van der Waals surface area contributed by atoms with Gasteiger partial charge < -0.3 is 10.1 Å². The number of rotatable bonds is 8. The van der Waals surface area contributed by atoms with Crippen LogP contribution in [0.4, 0.5) is 0 Å². The van der Waals surface area contributed by atoms with E-state index >= 15 is 0 Å². The molecule has 2 aromatic carbocycles. The Hall–Kier alpha value is -3.13. The minimum Gasteiger partial charge on any atom is -0.465 e. The van der Waals surface area contributed by atoms with E-state index in [1.54, 1.807) is 29.7 Å². The summed E-state index contributed by atoms with van der Waals surface area (Å²) < 4.78 is 6.35. The minimum atomic E-state index is -0.501. The van der Waals surface area contributed by atoms with Crippen molar-refractivity contribution >= 4 is 34.5 Å². The van der Waals surface area contributed by atoms with Crippen LogP contribution in [0.15, 0.2) is 58.5 Å². The van der Waals surface area contributed by atoms with Crippen LogP contribution in [0.3, 0.4) is 0 Å². The number of aromatic nitrogens is 2. The maximum atomic E-state index is 13.3. The Labute approximate surface area is 184 Å². The summed E-state index contributed by atoms with van der Waals surface area (Å²) in [6.07, 6.45) is 0.840. The van der Waals surface area contributed by atoms with E-state index < -0.39 is 11.2 Å². The summed E-state index contributed by atoms with van der Waals surface area (Å²) in [6, 6.07) is 14.3. The molecule has 1 atom stereocenters. The van der Waals surface area contributed by atoms with Gasteiger partial charge in [-0.05, 0) is 37.1 Å². The lowest BCUT2D eigenvalue weighted by Crippen LogP contribution is -2.32. The largest absolute Gasteiger partial charge is 0.465 e. The summed E-state index contributed by atoms with van der Waals surface area (Å²) >= 11 is 1.22. The third kappa shape index (κ3) is 5.32. The molecule has 1 aromatic heterocycles. The Balaban J connectivity index is 2.08. The van der Waals surface area contributed by atoms with Gasteiger partial charge in [0.05, 0.1) is 35.4 Å². The number of carbonyl (C=O) groups excluding carboxylic acids is 2. The second-order valence-corrected chi connectivity index (χ2v) is 8.35. The predicted octanol–water partition coefficient (Wildman–Crippen LogP) is 3.24. The van der Waals surface area contributed by atoms with Gasteiger partial charge in [0.25, 0.3) is 5.56 Å². The fraction of sp³-hybridized carbons (Fsp3) is 0.304. The third-order valence-electron chi connectivity index (χ3n) is 4.73. The van der Waals surface area contributed by atoms with Gasteiger partial charge >= 0.3 is 5.97 Å². The molecule has 0 bridgehead atoms. The number of thioether (sulfide) groups is 1. The average Bonchev–Trinajstić information content (AvgIpc) is 2.79. The molecule has 0 spiro atoms. The molecule has 0 unspecified atom stereocenters. The molecule has 0 radical (unpaired) electrons. The van der Waals surface area contributed by atoms with E-state index in [0.717, 1.165) is 12.0 Å². The van der Waals surface area contributed by atoms with Gasteiger partial charge in [-0.3, -0.25) is 14.2 Å². The van der Waals surface area contributed by atoms with E-state index in [9.17, 15) is 14.4 Å². The molecule has 1 amide bonds. The van der Waals surface area contributed by atoms with Crippen LogP contribution in [-0.2, 0) is 16.1 Å². The molecule has 1 N–H and O–H groups in total. The van der Waals surface area contributed by atoms with Crippen LogP contribution < -0.4 is 10.9 Å². The lowest BCUT2D eigenvalue weighted by Gasteiger charge is -2.16. The van der Waals surface area contributed by atoms with Crippen LogP contribution in [-0.4, -0.2) is 40.3 Å². The van der Waals surface area contributed by atoms with Gasteiger partial charge in [-0.2, -0.15) is 0 Å². The molecule has 0 saturated heterocycles. The number of carbonyl (C=O) groups is 2. The minimum absolute atomic E-state index is 0.115. The number of esters is 1. The van der Waals surface area contributed by atoms with Crippen LogP contribution in [0.2, 0.25) is 0 Å². The molecule has 8 heteroatoms. The van der Waals surface area contributed by atoms with E-state index in [0.29, 0.717) is 34.7 Å². The van der Waals surface area contributed by atoms with Gasteiger partial charge in [0.1, 0.15) is 0 Å². The molecule has 162 valence electrons. The molecule has 7 nitrogen and oxygen atoms in total. The highest BCUT2D eigenvalue weighted by molar-refractivity contribution is 8.00. The van der Waals surface area contributed by atoms with Gasteiger partial charge in [-0.25, -0.2) is 9.78 Å². The summed E-state index contributed by atoms with van der Waals surface area (Å²) in [5.74, 6) is -0.616. The lowest BCUT2D eigenvalue weighted by molar-refractivity contribution is -0.120. The molecule has 1 heterocycles. The summed E-state index contributed by atoms with van der Waals surface area (Å²) in [6.45, 7) is 4.68. The number of ether oxygens (including phenoxy) is 1. The van der Waals surface area contributed by atoms with Crippen molar-refractivity contribution in [3.05, 3.63) is 70.0 Å². The van der Waals surface area contributed by atoms with Crippen molar-refractivity contribution in [2.24, 2.45) is 0 Å². The van der Waals surface area contributed by atoms with Crippen molar-refractivity contribution in [2.75, 3.05) is 13.7 Å². The fourth-order valence-electron chi connectivity index (χ4n) is 3.04. The number of fused-ring (bicyclic) bond motifs is 1. The molecule has 0 aliphatic rings. The van der Waals surface area contributed by atoms with Crippen LogP contribution in [0, 0.1) is 0 Å². The van der Waals surface area contributed by atoms with E-state index in [1.807, 2.05) is 37.3 Å². The van der Waals surface area contributed by atoms with Crippen molar-refractivity contribution in [3.63, 3.8) is 0 Å². The number of hydrogen-bond donors (Lipinski definition) is 1. The van der Waals surface area contributed by atoms with Crippen molar-refractivity contribution in [1.29, 1.82) is 0 Å². The van der Waals surface area contributed by atoms with Crippen LogP contribution in [0.5, 0.6) is 0 Å². The molecule has 3 rings (SSSR count). The molecular weight excluding hydrogens is 414 g/mol. The van der Waals surface area contributed by atoms with Crippen molar-refractivity contribution in [3.8, 4) is 0 Å². The SMILES string of the molecule is CCCNC(=O)[C@H](C)Sc1nc2cc(C(=O)OC)ccc2c(=O)n1Cc1ccccc1. The zero-order chi connectivity index (χ0) is 22.4. The number of hydrogen-bond acceptors (Lipinski definition) is 6. The van der Waals surface area contributed by atoms with Gasteiger partial charge in [0, 0.05) is 6.54 Å². The van der Waals surface area contributed by atoms with Gasteiger partial charge in [-0.15, -0.1) is 0 Å². The highest BCUT2D eigenvalue weighted by Crippen LogP contribution is 2.24. The molecular formula is C23H25N3O4S. The number of nitrogens with one attached hydrogen (secondary N) is 1. The first kappa shape index (κ1) is 22.6. The first-order chi connectivity index (χ1) is 14.9. The zero-order valence-electron chi connectivity index (χ0n) is 17.8. The van der Waals surface area contributed by atoms with Crippen molar-refractivity contribution < 1.29 is 14.3 Å². The van der Waals surface area contributed by atoms with E-state index in [1.165, 1.54) is 18.9 Å². The molecule has 3 aromatic rings. The monoisotopic (exact) mass is 439 g/mol. The molecule has 0 saturated carbocycles. The van der Waals surface area contributed by atoms with E-state index in [-0.39, 0.29) is 11.5 Å². The second kappa shape index (κ2) is 10.3. The van der Waals surface area contributed by atoms with E-state index in [4.69, 9.17) is 4.74 Å². The normalized spacial score (nSPS) is 11.8. The van der Waals surface area contributed by atoms with Crippen LogP contribution >= 0.6 is 11.8 Å². The predicted molar refractivity (Wildman–Crippen MR) is 122 cm³/mol. The molecule has 0 fully saturated rings. The Kier molecular flexibility index (Phi) is 7.46. The molecule has 0 aliphatic heterocycles. The van der Waals surface area contributed by atoms with E-state index in [2.05, 4.69) is 10.3 Å². The van der Waals surface area contributed by atoms with Crippen molar-refractivity contribution in [2.45, 2.75) is 37.2 Å². The highest BCUT2D eigenvalue weighted by atomic mass is 32.2.